The molecule has 160 valence electrons. The smallest absolute Gasteiger partial charge is 0.160 e. The average molecular weight is 425 g/mol. The van der Waals surface area contributed by atoms with Crippen LogP contribution in [0.3, 0.4) is 0 Å². The summed E-state index contributed by atoms with van der Waals surface area (Å²) in [5.74, 6) is 0.447. The molecule has 0 saturated carbocycles. The van der Waals surface area contributed by atoms with Crippen LogP contribution in [0, 0.1) is 5.92 Å². The second-order valence-corrected chi connectivity index (χ2v) is 9.31. The first kappa shape index (κ1) is 22.9. The van der Waals surface area contributed by atoms with Gasteiger partial charge in [0.25, 0.3) is 0 Å². The van der Waals surface area contributed by atoms with E-state index in [9.17, 15) is 18.6 Å². The molecule has 0 aliphatic carbocycles. The van der Waals surface area contributed by atoms with E-state index in [4.69, 9.17) is 15.2 Å². The fourth-order valence-corrected chi connectivity index (χ4v) is 3.76. The van der Waals surface area contributed by atoms with Gasteiger partial charge in [0.05, 0.1) is 31.4 Å². The maximum Gasteiger partial charge on any atom is 0.160 e. The largest absolute Gasteiger partial charge is 0.506 e. The summed E-state index contributed by atoms with van der Waals surface area (Å²) in [7, 11) is -0.264. The van der Waals surface area contributed by atoms with Crippen molar-refractivity contribution in [2.75, 3.05) is 20.5 Å². The number of aliphatic hydroxyl groups is 1. The van der Waals surface area contributed by atoms with Gasteiger partial charge in [-0.05, 0) is 42.2 Å². The van der Waals surface area contributed by atoms with Crippen molar-refractivity contribution >= 4 is 9.84 Å². The number of rotatable bonds is 9. The van der Waals surface area contributed by atoms with Crippen LogP contribution in [0.5, 0.6) is 17.2 Å². The molecule has 2 aromatic rings. The molecule has 0 fully saturated rings. The third-order valence-corrected chi connectivity index (χ3v) is 5.50. The lowest BCUT2D eigenvalue weighted by Gasteiger charge is -2.25. The van der Waals surface area contributed by atoms with Crippen LogP contribution in [-0.2, 0) is 22.0 Å². The van der Waals surface area contributed by atoms with Gasteiger partial charge in [-0.1, -0.05) is 13.0 Å². The second kappa shape index (κ2) is 9.43. The van der Waals surface area contributed by atoms with E-state index in [-0.39, 0.29) is 23.1 Å². The minimum absolute atomic E-state index is 0.0104. The number of aromatic nitrogens is 1. The Bertz CT molecular complexity index is 948. The van der Waals surface area contributed by atoms with Crippen molar-refractivity contribution in [1.82, 2.24) is 4.98 Å². The molecule has 0 saturated heterocycles. The van der Waals surface area contributed by atoms with Gasteiger partial charge >= 0.3 is 0 Å². The number of ether oxygens (including phenoxy) is 2. The first-order valence-electron chi connectivity index (χ1n) is 9.06. The molecule has 1 heterocycles. The predicted molar refractivity (Wildman–Crippen MR) is 110 cm³/mol. The van der Waals surface area contributed by atoms with Gasteiger partial charge in [0.1, 0.15) is 11.9 Å². The van der Waals surface area contributed by atoms with Crippen LogP contribution < -0.4 is 15.2 Å². The molecule has 0 amide bonds. The Balaban J connectivity index is 2.17. The fraction of sp³-hybridized carbons (Fsp3) is 0.450. The summed E-state index contributed by atoms with van der Waals surface area (Å²) < 4.78 is 33.6. The quantitative estimate of drug-likeness (QED) is 0.553. The van der Waals surface area contributed by atoms with Gasteiger partial charge in [0, 0.05) is 12.3 Å². The van der Waals surface area contributed by atoms with Crippen LogP contribution in [0.15, 0.2) is 30.3 Å². The molecule has 2 rings (SSSR count). The van der Waals surface area contributed by atoms with Crippen molar-refractivity contribution < 1.29 is 28.1 Å². The summed E-state index contributed by atoms with van der Waals surface area (Å²) in [6.07, 6.45) is 0.505. The van der Waals surface area contributed by atoms with Crippen LogP contribution in [0.25, 0.3) is 0 Å². The molecule has 29 heavy (non-hydrogen) atoms. The lowest BCUT2D eigenvalue weighted by molar-refractivity contribution is 0.117. The summed E-state index contributed by atoms with van der Waals surface area (Å²) in [4.78, 5) is 4.12. The zero-order valence-corrected chi connectivity index (χ0v) is 17.8. The number of sulfone groups is 1. The van der Waals surface area contributed by atoms with Crippen molar-refractivity contribution in [3.8, 4) is 17.2 Å². The van der Waals surface area contributed by atoms with E-state index in [1.807, 2.05) is 25.1 Å². The molecule has 0 bridgehead atoms. The van der Waals surface area contributed by atoms with Crippen molar-refractivity contribution in [2.45, 2.75) is 31.2 Å². The first-order chi connectivity index (χ1) is 13.6. The number of hydrogen-bond acceptors (Lipinski definition) is 8. The van der Waals surface area contributed by atoms with Gasteiger partial charge in [-0.25, -0.2) is 8.42 Å². The average Bonchev–Trinajstić information content (AvgIpc) is 2.67. The van der Waals surface area contributed by atoms with Crippen LogP contribution in [0.1, 0.15) is 30.0 Å². The lowest BCUT2D eigenvalue weighted by atomic mass is 9.89. The molecule has 0 spiro atoms. The number of hydrogen-bond donors (Lipinski definition) is 3. The van der Waals surface area contributed by atoms with E-state index >= 15 is 0 Å². The third kappa shape index (κ3) is 6.06. The molecule has 0 aliphatic heterocycles. The molecule has 8 nitrogen and oxygen atoms in total. The maximum atomic E-state index is 11.5. The normalized spacial score (nSPS) is 14.8. The summed E-state index contributed by atoms with van der Waals surface area (Å²) >= 11 is 0. The number of nitrogens with zero attached hydrogens (tertiary/aromatic N) is 1. The Morgan fingerprint density at radius 2 is 1.79 bits per heavy atom. The number of nitrogens with two attached hydrogens (primary N) is 1. The van der Waals surface area contributed by atoms with Gasteiger partial charge in [0.15, 0.2) is 21.3 Å². The number of aliphatic hydroxyl groups excluding tert-OH is 1. The molecule has 1 aromatic carbocycles. The Labute approximate surface area is 171 Å². The zero-order chi connectivity index (χ0) is 21.8. The topological polar surface area (TPSA) is 132 Å². The molecular formula is C20H28N2O6S. The van der Waals surface area contributed by atoms with Gasteiger partial charge in [-0.15, -0.1) is 0 Å². The molecule has 0 aliphatic rings. The van der Waals surface area contributed by atoms with Crippen LogP contribution in [0.2, 0.25) is 0 Å². The third-order valence-electron chi connectivity index (χ3n) is 4.70. The summed E-state index contributed by atoms with van der Waals surface area (Å²) in [6.45, 7) is 1.91. The van der Waals surface area contributed by atoms with Gasteiger partial charge < -0.3 is 25.4 Å². The lowest BCUT2D eigenvalue weighted by Crippen LogP contribution is -2.36. The Kier molecular flexibility index (Phi) is 7.45. The molecule has 9 heteroatoms. The van der Waals surface area contributed by atoms with Crippen molar-refractivity contribution in [3.63, 3.8) is 0 Å². The van der Waals surface area contributed by atoms with Crippen molar-refractivity contribution in [3.05, 3.63) is 47.3 Å². The highest BCUT2D eigenvalue weighted by Crippen LogP contribution is 2.30. The summed E-state index contributed by atoms with van der Waals surface area (Å²) in [5.41, 5.74) is 7.43. The van der Waals surface area contributed by atoms with Gasteiger partial charge in [0.2, 0.25) is 0 Å². The van der Waals surface area contributed by atoms with Crippen molar-refractivity contribution in [2.24, 2.45) is 11.7 Å². The SMILES string of the molecule is COc1ccc(CC(C)C(N)C(O)c2ccc(O)c(CS(C)(=O)=O)n2)cc1OC. The maximum absolute atomic E-state index is 11.5. The predicted octanol–water partition coefficient (Wildman–Crippen LogP) is 1.59. The van der Waals surface area contributed by atoms with Crippen LogP contribution in [0.4, 0.5) is 0 Å². The number of pyridine rings is 1. The van der Waals surface area contributed by atoms with E-state index in [2.05, 4.69) is 4.98 Å². The summed E-state index contributed by atoms with van der Waals surface area (Å²) in [5, 5.41) is 20.5. The standard InChI is InChI=1S/C20H28N2O6S/c1-12(9-13-5-8-17(27-2)18(10-13)28-3)19(21)20(24)14-6-7-16(23)15(22-14)11-29(4,25)26/h5-8,10,12,19-20,23-24H,9,11,21H2,1-4H3. The molecule has 0 radical (unpaired) electrons. The number of methoxy groups -OCH3 is 2. The van der Waals surface area contributed by atoms with E-state index < -0.39 is 27.7 Å². The highest BCUT2D eigenvalue weighted by atomic mass is 32.2. The molecular weight excluding hydrogens is 396 g/mol. The monoisotopic (exact) mass is 424 g/mol. The van der Waals surface area contributed by atoms with Gasteiger partial charge in [-0.2, -0.15) is 0 Å². The highest BCUT2D eigenvalue weighted by Gasteiger charge is 2.25. The molecule has 3 unspecified atom stereocenters. The van der Waals surface area contributed by atoms with E-state index in [0.29, 0.717) is 17.9 Å². The highest BCUT2D eigenvalue weighted by molar-refractivity contribution is 7.89. The Morgan fingerprint density at radius 1 is 1.14 bits per heavy atom. The minimum atomic E-state index is -3.39. The van der Waals surface area contributed by atoms with Crippen LogP contribution in [-0.4, -0.2) is 50.1 Å². The van der Waals surface area contributed by atoms with E-state index in [0.717, 1.165) is 11.8 Å². The number of benzene rings is 1. The molecule has 1 aromatic heterocycles. The minimum Gasteiger partial charge on any atom is -0.506 e. The first-order valence-corrected chi connectivity index (χ1v) is 11.1. The van der Waals surface area contributed by atoms with Gasteiger partial charge in [-0.3, -0.25) is 4.98 Å². The second-order valence-electron chi connectivity index (χ2n) is 7.16. The van der Waals surface area contributed by atoms with E-state index in [1.54, 1.807) is 14.2 Å². The molecule has 3 atom stereocenters. The zero-order valence-electron chi connectivity index (χ0n) is 17.0. The van der Waals surface area contributed by atoms with Crippen LogP contribution >= 0.6 is 0 Å². The number of aromatic hydroxyl groups is 1. The fourth-order valence-electron chi connectivity index (χ4n) is 3.05. The Morgan fingerprint density at radius 3 is 2.38 bits per heavy atom. The van der Waals surface area contributed by atoms with E-state index in [1.165, 1.54) is 12.1 Å². The molecule has 4 N–H and O–H groups in total. The van der Waals surface area contributed by atoms with Crippen molar-refractivity contribution in [1.29, 1.82) is 0 Å². The Hall–Kier alpha value is -2.36. The summed E-state index contributed by atoms with van der Waals surface area (Å²) in [6, 6.07) is 7.66.